The lowest BCUT2D eigenvalue weighted by Gasteiger charge is -2.15. The molecular weight excluding hydrogens is 442 g/mol. The summed E-state index contributed by atoms with van der Waals surface area (Å²) >= 11 is 11.5. The van der Waals surface area contributed by atoms with Crippen LogP contribution in [-0.4, -0.2) is 20.6 Å². The molecule has 0 amide bonds. The van der Waals surface area contributed by atoms with Gasteiger partial charge in [-0.3, -0.25) is 4.72 Å². The van der Waals surface area contributed by atoms with E-state index in [9.17, 15) is 8.42 Å². The molecule has 0 spiro atoms. The van der Waals surface area contributed by atoms with Crippen LogP contribution < -0.4 is 20.1 Å². The summed E-state index contributed by atoms with van der Waals surface area (Å²) in [7, 11) is -2.50. The van der Waals surface area contributed by atoms with Crippen molar-refractivity contribution < 1.29 is 13.2 Å². The molecule has 0 radical (unpaired) electrons. The lowest BCUT2D eigenvalue weighted by atomic mass is 10.2. The van der Waals surface area contributed by atoms with Crippen LogP contribution in [0.3, 0.4) is 0 Å². The predicted molar refractivity (Wildman–Crippen MR) is 126 cm³/mol. The van der Waals surface area contributed by atoms with Gasteiger partial charge in [-0.05, 0) is 61.1 Å². The van der Waals surface area contributed by atoms with Gasteiger partial charge in [-0.2, -0.15) is 0 Å². The van der Waals surface area contributed by atoms with Gasteiger partial charge in [0, 0.05) is 11.4 Å². The van der Waals surface area contributed by atoms with E-state index in [-0.39, 0.29) is 9.92 Å². The molecular formula is C21H20ClN3O3S2. The Morgan fingerprint density at radius 1 is 0.967 bits per heavy atom. The van der Waals surface area contributed by atoms with Crippen molar-refractivity contribution >= 4 is 56.0 Å². The van der Waals surface area contributed by atoms with Crippen molar-refractivity contribution in [1.82, 2.24) is 0 Å². The Bertz CT molecular complexity index is 1180. The quantitative estimate of drug-likeness (QED) is 0.434. The van der Waals surface area contributed by atoms with Gasteiger partial charge in [0.1, 0.15) is 10.6 Å². The van der Waals surface area contributed by atoms with Crippen LogP contribution in [0, 0.1) is 6.92 Å². The number of benzene rings is 3. The second kappa shape index (κ2) is 9.34. The Labute approximate surface area is 186 Å². The second-order valence-electron chi connectivity index (χ2n) is 6.35. The normalized spacial score (nSPS) is 10.9. The van der Waals surface area contributed by atoms with Crippen molar-refractivity contribution in [2.45, 2.75) is 11.8 Å². The molecule has 0 bridgehead atoms. The minimum absolute atomic E-state index is 0.0840. The van der Waals surface area contributed by atoms with Gasteiger partial charge >= 0.3 is 0 Å². The number of nitrogens with one attached hydrogen (secondary N) is 3. The van der Waals surface area contributed by atoms with Gasteiger partial charge in [0.15, 0.2) is 5.11 Å². The number of rotatable bonds is 6. The van der Waals surface area contributed by atoms with Crippen molar-refractivity contribution in [3.05, 3.63) is 77.3 Å². The van der Waals surface area contributed by atoms with Gasteiger partial charge in [-0.25, -0.2) is 8.42 Å². The van der Waals surface area contributed by atoms with E-state index in [0.29, 0.717) is 22.2 Å². The minimum Gasteiger partial charge on any atom is -0.495 e. The largest absolute Gasteiger partial charge is 0.495 e. The van der Waals surface area contributed by atoms with Crippen molar-refractivity contribution in [3.8, 4) is 5.75 Å². The highest BCUT2D eigenvalue weighted by Crippen LogP contribution is 2.30. The van der Waals surface area contributed by atoms with Crippen LogP contribution >= 0.6 is 23.8 Å². The maximum Gasteiger partial charge on any atom is 0.263 e. The van der Waals surface area contributed by atoms with E-state index in [4.69, 9.17) is 28.6 Å². The molecule has 0 atom stereocenters. The first-order chi connectivity index (χ1) is 14.3. The fourth-order valence-corrected chi connectivity index (χ4v) is 4.54. The summed E-state index contributed by atoms with van der Waals surface area (Å²) in [4.78, 5) is -0.0845. The lowest BCUT2D eigenvalue weighted by molar-refractivity contribution is 0.417. The van der Waals surface area contributed by atoms with Crippen LogP contribution in [0.5, 0.6) is 5.75 Å². The molecule has 0 aliphatic heterocycles. The molecule has 0 saturated heterocycles. The number of thiocarbonyl (C=S) groups is 1. The van der Waals surface area contributed by atoms with E-state index in [2.05, 4.69) is 15.4 Å². The van der Waals surface area contributed by atoms with Gasteiger partial charge < -0.3 is 15.4 Å². The summed E-state index contributed by atoms with van der Waals surface area (Å²) in [5.74, 6) is 0.398. The Hall–Kier alpha value is -2.81. The highest BCUT2D eigenvalue weighted by Gasteiger charge is 2.20. The maximum atomic E-state index is 12.9. The first-order valence-electron chi connectivity index (χ1n) is 8.89. The molecule has 9 heteroatoms. The summed E-state index contributed by atoms with van der Waals surface area (Å²) in [5.41, 5.74) is 2.67. The number of sulfonamides is 1. The SMILES string of the molecule is COc1ccccc1NS(=O)(=O)c1cc(NC(=S)Nc2ccccc2C)ccc1Cl. The maximum absolute atomic E-state index is 12.9. The van der Waals surface area contributed by atoms with Crippen molar-refractivity contribution in [2.24, 2.45) is 0 Å². The number of hydrogen-bond acceptors (Lipinski definition) is 4. The predicted octanol–water partition coefficient (Wildman–Crippen LogP) is 5.27. The number of hydrogen-bond donors (Lipinski definition) is 3. The van der Waals surface area contributed by atoms with E-state index >= 15 is 0 Å². The third-order valence-corrected chi connectivity index (χ3v) is 6.27. The fraction of sp³-hybridized carbons (Fsp3) is 0.0952. The minimum atomic E-state index is -3.97. The molecule has 30 heavy (non-hydrogen) atoms. The number of anilines is 3. The van der Waals surface area contributed by atoms with Gasteiger partial charge in [-0.1, -0.05) is 41.9 Å². The number of methoxy groups -OCH3 is 1. The van der Waals surface area contributed by atoms with Gasteiger partial charge in [0.05, 0.1) is 17.8 Å². The van der Waals surface area contributed by atoms with E-state index in [1.165, 1.54) is 19.2 Å². The van der Waals surface area contributed by atoms with Gasteiger partial charge in [0.25, 0.3) is 10.0 Å². The topological polar surface area (TPSA) is 79.5 Å². The van der Waals surface area contributed by atoms with E-state index in [0.717, 1.165) is 11.3 Å². The summed E-state index contributed by atoms with van der Waals surface area (Å²) in [5, 5.41) is 6.49. The van der Waals surface area contributed by atoms with Crippen LogP contribution in [-0.2, 0) is 10.0 Å². The van der Waals surface area contributed by atoms with Crippen LogP contribution in [0.4, 0.5) is 17.1 Å². The van der Waals surface area contributed by atoms with Crippen LogP contribution in [0.2, 0.25) is 5.02 Å². The third-order valence-electron chi connectivity index (χ3n) is 4.22. The molecule has 6 nitrogen and oxygen atoms in total. The van der Waals surface area contributed by atoms with Crippen LogP contribution in [0.15, 0.2) is 71.6 Å². The fourth-order valence-electron chi connectivity index (χ4n) is 2.71. The highest BCUT2D eigenvalue weighted by atomic mass is 35.5. The van der Waals surface area contributed by atoms with E-state index in [1.54, 1.807) is 30.3 Å². The molecule has 0 aliphatic carbocycles. The Balaban J connectivity index is 1.82. The Kier molecular flexibility index (Phi) is 6.81. The zero-order chi connectivity index (χ0) is 21.7. The second-order valence-corrected chi connectivity index (χ2v) is 8.81. The summed E-state index contributed by atoms with van der Waals surface area (Å²) in [6.07, 6.45) is 0. The van der Waals surface area contributed by atoms with Gasteiger partial charge in [0.2, 0.25) is 0 Å². The smallest absolute Gasteiger partial charge is 0.263 e. The summed E-state index contributed by atoms with van der Waals surface area (Å²) in [6.45, 7) is 1.96. The molecule has 0 aliphatic rings. The van der Waals surface area contributed by atoms with E-state index in [1.807, 2.05) is 31.2 Å². The third kappa shape index (κ3) is 5.21. The summed E-state index contributed by atoms with van der Waals surface area (Å²) in [6, 6.07) is 19.0. The zero-order valence-corrected chi connectivity index (χ0v) is 18.7. The molecule has 0 saturated carbocycles. The van der Waals surface area contributed by atoms with Crippen molar-refractivity contribution in [2.75, 3.05) is 22.5 Å². The standard InChI is InChI=1S/C21H20ClN3O3S2/c1-14-7-3-4-8-17(14)24-21(29)23-15-11-12-16(22)20(13-15)30(26,27)25-18-9-5-6-10-19(18)28-2/h3-13,25H,1-2H3,(H2,23,24,29). The molecule has 0 heterocycles. The van der Waals surface area contributed by atoms with E-state index < -0.39 is 10.0 Å². The molecule has 3 N–H and O–H groups in total. The average Bonchev–Trinajstić information content (AvgIpc) is 2.71. The molecule has 156 valence electrons. The first kappa shape index (κ1) is 21.9. The van der Waals surface area contributed by atoms with Crippen molar-refractivity contribution in [1.29, 1.82) is 0 Å². The molecule has 0 unspecified atom stereocenters. The molecule has 0 aromatic heterocycles. The molecule has 0 fully saturated rings. The number of para-hydroxylation sites is 3. The number of aryl methyl sites for hydroxylation is 1. The van der Waals surface area contributed by atoms with Crippen LogP contribution in [0.1, 0.15) is 5.56 Å². The summed E-state index contributed by atoms with van der Waals surface area (Å²) < 4.78 is 33.6. The lowest BCUT2D eigenvalue weighted by Crippen LogP contribution is -2.20. The zero-order valence-electron chi connectivity index (χ0n) is 16.3. The Morgan fingerprint density at radius 3 is 2.33 bits per heavy atom. The average molecular weight is 462 g/mol. The Morgan fingerprint density at radius 2 is 1.63 bits per heavy atom. The molecule has 3 rings (SSSR count). The number of ether oxygens (including phenoxy) is 1. The highest BCUT2D eigenvalue weighted by molar-refractivity contribution is 7.92. The van der Waals surface area contributed by atoms with Gasteiger partial charge in [-0.15, -0.1) is 0 Å². The van der Waals surface area contributed by atoms with Crippen LogP contribution in [0.25, 0.3) is 0 Å². The van der Waals surface area contributed by atoms with Crippen molar-refractivity contribution in [3.63, 3.8) is 0 Å². The molecule has 3 aromatic carbocycles. The monoisotopic (exact) mass is 461 g/mol. The molecule has 3 aromatic rings. The number of halogens is 1. The first-order valence-corrected chi connectivity index (χ1v) is 11.2.